The number of hydrogen-bond donors (Lipinski definition) is 0. The Kier molecular flexibility index (Phi) is 4.54. The molecule has 0 spiro atoms. The van der Waals surface area contributed by atoms with Crippen molar-refractivity contribution in [3.63, 3.8) is 0 Å². The van der Waals surface area contributed by atoms with Crippen LogP contribution in [0.5, 0.6) is 0 Å². The number of likely N-dealkylation sites (tertiary alicyclic amines) is 1. The smallest absolute Gasteiger partial charge is 0.225 e. The number of fused-ring (bicyclic) bond motifs is 3. The van der Waals surface area contributed by atoms with Crippen LogP contribution in [0, 0.1) is 11.8 Å². The van der Waals surface area contributed by atoms with Gasteiger partial charge in [-0.2, -0.15) is 0 Å². The molecule has 4 heterocycles. The van der Waals surface area contributed by atoms with E-state index in [9.17, 15) is 4.79 Å². The molecular formula is C21H28N4OS. The number of carbonyl (C=O) groups is 1. The van der Waals surface area contributed by atoms with Crippen LogP contribution < -0.4 is 4.90 Å². The van der Waals surface area contributed by atoms with Crippen molar-refractivity contribution in [2.45, 2.75) is 51.9 Å². The third-order valence-corrected chi connectivity index (χ3v) is 7.80. The summed E-state index contributed by atoms with van der Waals surface area (Å²) < 4.78 is 0. The highest BCUT2D eigenvalue weighted by Gasteiger charge is 2.32. The predicted molar refractivity (Wildman–Crippen MR) is 109 cm³/mol. The van der Waals surface area contributed by atoms with Gasteiger partial charge < -0.3 is 9.80 Å². The van der Waals surface area contributed by atoms with E-state index in [1.165, 1.54) is 41.5 Å². The van der Waals surface area contributed by atoms with Gasteiger partial charge in [0.1, 0.15) is 17.0 Å². The molecule has 0 saturated carbocycles. The number of anilines is 1. The monoisotopic (exact) mass is 384 g/mol. The molecule has 1 atom stereocenters. The van der Waals surface area contributed by atoms with Gasteiger partial charge in [0.05, 0.1) is 5.39 Å². The van der Waals surface area contributed by atoms with Crippen molar-refractivity contribution < 1.29 is 4.79 Å². The molecule has 0 radical (unpaired) electrons. The summed E-state index contributed by atoms with van der Waals surface area (Å²) in [4.78, 5) is 29.2. The van der Waals surface area contributed by atoms with Gasteiger partial charge in [0.15, 0.2) is 0 Å². The molecule has 0 aromatic carbocycles. The summed E-state index contributed by atoms with van der Waals surface area (Å²) in [5, 5.41) is 1.30. The maximum Gasteiger partial charge on any atom is 0.225 e. The van der Waals surface area contributed by atoms with E-state index >= 15 is 0 Å². The lowest BCUT2D eigenvalue weighted by molar-refractivity contribution is -0.135. The van der Waals surface area contributed by atoms with E-state index < -0.39 is 0 Å². The molecular weight excluding hydrogens is 356 g/mol. The molecule has 2 saturated heterocycles. The Labute approximate surface area is 164 Å². The fourth-order valence-corrected chi connectivity index (χ4v) is 6.38. The van der Waals surface area contributed by atoms with Gasteiger partial charge in [-0.05, 0) is 56.4 Å². The maximum absolute atomic E-state index is 12.7. The predicted octanol–water partition coefficient (Wildman–Crippen LogP) is 3.65. The minimum Gasteiger partial charge on any atom is -0.356 e. The van der Waals surface area contributed by atoms with Gasteiger partial charge in [-0.1, -0.05) is 6.92 Å². The number of aromatic nitrogens is 2. The van der Waals surface area contributed by atoms with E-state index in [4.69, 9.17) is 4.98 Å². The summed E-state index contributed by atoms with van der Waals surface area (Å²) in [6.45, 7) is 6.13. The largest absolute Gasteiger partial charge is 0.356 e. The van der Waals surface area contributed by atoms with Crippen LogP contribution in [0.15, 0.2) is 6.33 Å². The lowest BCUT2D eigenvalue weighted by Gasteiger charge is -2.34. The third-order valence-electron chi connectivity index (χ3n) is 6.63. The molecule has 2 fully saturated rings. The second kappa shape index (κ2) is 7.04. The van der Waals surface area contributed by atoms with Gasteiger partial charge >= 0.3 is 0 Å². The van der Waals surface area contributed by atoms with Gasteiger partial charge in [-0.25, -0.2) is 9.97 Å². The summed E-state index contributed by atoms with van der Waals surface area (Å²) in [6, 6.07) is 0. The normalized spacial score (nSPS) is 23.8. The number of aryl methyl sites for hydroxylation is 1. The van der Waals surface area contributed by atoms with Crippen molar-refractivity contribution in [3.8, 4) is 0 Å². The van der Waals surface area contributed by atoms with E-state index in [1.807, 2.05) is 11.3 Å². The average Bonchev–Trinajstić information content (AvgIpc) is 3.34. The van der Waals surface area contributed by atoms with Gasteiger partial charge in [-0.3, -0.25) is 4.79 Å². The first-order valence-corrected chi connectivity index (χ1v) is 11.3. The van der Waals surface area contributed by atoms with Crippen molar-refractivity contribution >= 4 is 33.3 Å². The fourth-order valence-electron chi connectivity index (χ4n) is 5.03. The average molecular weight is 385 g/mol. The zero-order valence-corrected chi connectivity index (χ0v) is 16.9. The van der Waals surface area contributed by atoms with Crippen LogP contribution in [-0.2, 0) is 17.6 Å². The van der Waals surface area contributed by atoms with Crippen molar-refractivity contribution in [2.75, 3.05) is 31.1 Å². The lowest BCUT2D eigenvalue weighted by Crippen LogP contribution is -2.42. The number of nitrogens with zero attached hydrogens (tertiary/aromatic N) is 4. The molecule has 1 aliphatic carbocycles. The Hall–Kier alpha value is -1.69. The maximum atomic E-state index is 12.7. The van der Waals surface area contributed by atoms with E-state index in [-0.39, 0.29) is 5.92 Å². The Bertz CT molecular complexity index is 849. The first kappa shape index (κ1) is 17.4. The van der Waals surface area contributed by atoms with Gasteiger partial charge in [0, 0.05) is 37.0 Å². The van der Waals surface area contributed by atoms with Crippen LogP contribution in [0.3, 0.4) is 0 Å². The molecule has 0 bridgehead atoms. The first-order chi connectivity index (χ1) is 13.2. The second-order valence-corrected chi connectivity index (χ2v) is 9.61. The highest BCUT2D eigenvalue weighted by Crippen LogP contribution is 2.41. The Morgan fingerprint density at radius 1 is 1.11 bits per heavy atom. The Morgan fingerprint density at radius 3 is 2.67 bits per heavy atom. The van der Waals surface area contributed by atoms with Crippen molar-refractivity contribution in [2.24, 2.45) is 11.8 Å². The number of thiophene rings is 1. The molecule has 144 valence electrons. The molecule has 6 heteroatoms. The number of carbonyl (C=O) groups excluding carboxylic acids is 1. The Morgan fingerprint density at radius 2 is 1.89 bits per heavy atom. The van der Waals surface area contributed by atoms with Crippen LogP contribution in [0.25, 0.3) is 10.2 Å². The molecule has 5 nitrogen and oxygen atoms in total. The van der Waals surface area contributed by atoms with Gasteiger partial charge in [-0.15, -0.1) is 11.3 Å². The van der Waals surface area contributed by atoms with E-state index in [0.717, 1.165) is 62.0 Å². The molecule has 2 aromatic heterocycles. The van der Waals surface area contributed by atoms with Crippen molar-refractivity contribution in [1.29, 1.82) is 0 Å². The molecule has 2 aliphatic heterocycles. The van der Waals surface area contributed by atoms with Crippen molar-refractivity contribution in [1.82, 2.24) is 14.9 Å². The lowest BCUT2D eigenvalue weighted by atomic mass is 9.89. The quantitative estimate of drug-likeness (QED) is 0.793. The second-order valence-electron chi connectivity index (χ2n) is 8.52. The third kappa shape index (κ3) is 3.12. The minimum absolute atomic E-state index is 0.203. The van der Waals surface area contributed by atoms with Crippen molar-refractivity contribution in [3.05, 3.63) is 16.8 Å². The molecule has 0 N–H and O–H groups in total. The summed E-state index contributed by atoms with van der Waals surface area (Å²) >= 11 is 1.87. The number of piperidine rings is 1. The summed E-state index contributed by atoms with van der Waals surface area (Å²) in [7, 11) is 0. The SMILES string of the molecule is CC1CCc2c(sc3ncnc(N4CCC(C(=O)N5CCCC5)CC4)c23)C1. The molecule has 2 aromatic rings. The van der Waals surface area contributed by atoms with Crippen LogP contribution >= 0.6 is 11.3 Å². The zero-order chi connectivity index (χ0) is 18.4. The minimum atomic E-state index is 0.203. The van der Waals surface area contributed by atoms with Crippen LogP contribution in [0.4, 0.5) is 5.82 Å². The molecule has 3 aliphatic rings. The highest BCUT2D eigenvalue weighted by molar-refractivity contribution is 7.19. The summed E-state index contributed by atoms with van der Waals surface area (Å²) in [6.07, 6.45) is 9.57. The first-order valence-electron chi connectivity index (χ1n) is 10.5. The van der Waals surface area contributed by atoms with Gasteiger partial charge in [0.2, 0.25) is 5.91 Å². The van der Waals surface area contributed by atoms with Gasteiger partial charge in [0.25, 0.3) is 0 Å². The topological polar surface area (TPSA) is 49.3 Å². The number of hydrogen-bond acceptors (Lipinski definition) is 5. The van der Waals surface area contributed by atoms with Crippen LogP contribution in [-0.4, -0.2) is 47.0 Å². The van der Waals surface area contributed by atoms with E-state index in [1.54, 1.807) is 6.33 Å². The van der Waals surface area contributed by atoms with Crippen LogP contribution in [0.1, 0.15) is 49.5 Å². The molecule has 1 unspecified atom stereocenters. The molecule has 1 amide bonds. The Balaban J connectivity index is 1.37. The van der Waals surface area contributed by atoms with E-state index in [2.05, 4.69) is 21.7 Å². The summed E-state index contributed by atoms with van der Waals surface area (Å²) in [5.41, 5.74) is 1.50. The number of amides is 1. The zero-order valence-electron chi connectivity index (χ0n) is 16.1. The standard InChI is InChI=1S/C21H28N4OS/c1-14-4-5-16-17(12-14)27-20-18(16)19(22-13-23-20)24-10-6-15(7-11-24)21(26)25-8-2-3-9-25/h13-15H,2-12H2,1H3. The van der Waals surface area contributed by atoms with E-state index in [0.29, 0.717) is 5.91 Å². The number of rotatable bonds is 2. The highest BCUT2D eigenvalue weighted by atomic mass is 32.1. The molecule has 5 rings (SSSR count). The molecule has 27 heavy (non-hydrogen) atoms. The van der Waals surface area contributed by atoms with Crippen LogP contribution in [0.2, 0.25) is 0 Å². The fraction of sp³-hybridized carbons (Fsp3) is 0.667. The summed E-state index contributed by atoms with van der Waals surface area (Å²) in [5.74, 6) is 2.48.